The molecule has 1 atom stereocenters. The van der Waals surface area contributed by atoms with Gasteiger partial charge in [-0.3, -0.25) is 4.79 Å². The first kappa shape index (κ1) is 18.3. The highest BCUT2D eigenvalue weighted by Crippen LogP contribution is 2.33. The fourth-order valence-electron chi connectivity index (χ4n) is 3.03. The molecule has 3 aromatic heterocycles. The summed E-state index contributed by atoms with van der Waals surface area (Å²) in [7, 11) is 0. The molecule has 0 bridgehead atoms. The van der Waals surface area contributed by atoms with Crippen molar-refractivity contribution in [3.63, 3.8) is 0 Å². The second-order valence-electron chi connectivity index (χ2n) is 6.57. The Morgan fingerprint density at radius 2 is 1.77 bits per heavy atom. The average Bonchev–Trinajstić information content (AvgIpc) is 3.43. The highest BCUT2D eigenvalue weighted by atomic mass is 32.2. The van der Waals surface area contributed by atoms with Gasteiger partial charge < -0.3 is 9.40 Å². The largest absolute Gasteiger partial charge is 0.419 e. The average molecular weight is 416 g/mol. The fourth-order valence-corrected chi connectivity index (χ4v) is 3.85. The van der Waals surface area contributed by atoms with Crippen LogP contribution in [-0.4, -0.2) is 29.9 Å². The van der Waals surface area contributed by atoms with E-state index in [0.717, 1.165) is 11.3 Å². The Morgan fingerprint density at radius 1 is 1.03 bits per heavy atom. The lowest BCUT2D eigenvalue weighted by molar-refractivity contribution is 0.509. The van der Waals surface area contributed by atoms with Crippen LogP contribution < -0.4 is 5.56 Å². The van der Waals surface area contributed by atoms with Gasteiger partial charge in [0.2, 0.25) is 11.8 Å². The third kappa shape index (κ3) is 3.39. The van der Waals surface area contributed by atoms with Crippen LogP contribution in [-0.2, 0) is 0 Å². The lowest BCUT2D eigenvalue weighted by Gasteiger charge is -2.07. The molecule has 0 unspecified atom stereocenters. The minimum atomic E-state index is -0.243. The summed E-state index contributed by atoms with van der Waals surface area (Å²) < 4.78 is 7.47. The zero-order valence-corrected chi connectivity index (χ0v) is 16.7. The summed E-state index contributed by atoms with van der Waals surface area (Å²) in [6, 6.07) is 19.1. The maximum Gasteiger partial charge on any atom is 0.262 e. The predicted octanol–water partition coefficient (Wildman–Crippen LogP) is 4.01. The van der Waals surface area contributed by atoms with Crippen LogP contribution in [0.25, 0.3) is 28.2 Å². The van der Waals surface area contributed by atoms with Gasteiger partial charge in [-0.2, -0.15) is 5.10 Å². The Bertz CT molecular complexity index is 1360. The van der Waals surface area contributed by atoms with Crippen LogP contribution >= 0.6 is 11.8 Å². The Hall–Kier alpha value is -3.72. The summed E-state index contributed by atoms with van der Waals surface area (Å²) in [5.74, 6) is 0.912. The van der Waals surface area contributed by atoms with Gasteiger partial charge >= 0.3 is 0 Å². The number of benzene rings is 2. The maximum atomic E-state index is 12.5. The van der Waals surface area contributed by atoms with Crippen molar-refractivity contribution in [2.24, 2.45) is 0 Å². The number of aromatic amines is 1. The number of hydrogen-bond acceptors (Lipinski definition) is 7. The molecule has 5 aromatic rings. The molecule has 1 N–H and O–H groups in total. The third-order valence-electron chi connectivity index (χ3n) is 4.51. The number of nitrogens with zero attached hydrogens (tertiary/aromatic N) is 5. The van der Waals surface area contributed by atoms with Gasteiger partial charge in [0.15, 0.2) is 10.8 Å². The SMILES string of the molecule is C[C@@H](Sc1nc2c(cnn2-c2ccccc2)c(=O)[nH]1)c1nnc(-c2ccccc2)o1. The molecular formula is C21H16N6O2S. The third-order valence-corrected chi connectivity index (χ3v) is 5.49. The highest BCUT2D eigenvalue weighted by molar-refractivity contribution is 7.99. The van der Waals surface area contributed by atoms with Gasteiger partial charge in [-0.1, -0.05) is 48.2 Å². The van der Waals surface area contributed by atoms with E-state index in [9.17, 15) is 4.79 Å². The topological polar surface area (TPSA) is 102 Å². The molecule has 0 radical (unpaired) electrons. The number of rotatable bonds is 5. The number of H-pyrrole nitrogens is 1. The van der Waals surface area contributed by atoms with Gasteiger partial charge in [0, 0.05) is 5.56 Å². The van der Waals surface area contributed by atoms with Crippen molar-refractivity contribution in [3.05, 3.63) is 83.1 Å². The molecular weight excluding hydrogens is 400 g/mol. The van der Waals surface area contributed by atoms with E-state index in [4.69, 9.17) is 4.42 Å². The first-order chi connectivity index (χ1) is 14.7. The van der Waals surface area contributed by atoms with E-state index in [0.29, 0.717) is 28.0 Å². The molecule has 5 rings (SSSR count). The van der Waals surface area contributed by atoms with E-state index in [-0.39, 0.29) is 10.8 Å². The molecule has 8 nitrogen and oxygen atoms in total. The summed E-state index contributed by atoms with van der Waals surface area (Å²) in [6.45, 7) is 1.92. The second kappa shape index (κ2) is 7.60. The van der Waals surface area contributed by atoms with Crippen molar-refractivity contribution in [2.75, 3.05) is 0 Å². The molecule has 30 heavy (non-hydrogen) atoms. The van der Waals surface area contributed by atoms with Crippen molar-refractivity contribution in [1.29, 1.82) is 0 Å². The van der Waals surface area contributed by atoms with Crippen LogP contribution in [0.2, 0.25) is 0 Å². The zero-order valence-electron chi connectivity index (χ0n) is 15.9. The minimum absolute atomic E-state index is 0.205. The van der Waals surface area contributed by atoms with Crippen LogP contribution in [0.5, 0.6) is 0 Å². The zero-order chi connectivity index (χ0) is 20.5. The molecule has 2 aromatic carbocycles. The predicted molar refractivity (Wildman–Crippen MR) is 113 cm³/mol. The van der Waals surface area contributed by atoms with Crippen molar-refractivity contribution >= 4 is 22.8 Å². The number of nitrogens with one attached hydrogen (secondary N) is 1. The second-order valence-corrected chi connectivity index (χ2v) is 7.90. The summed E-state index contributed by atoms with van der Waals surface area (Å²) >= 11 is 1.34. The molecule has 0 saturated heterocycles. The Kier molecular flexibility index (Phi) is 4.64. The summed E-state index contributed by atoms with van der Waals surface area (Å²) in [5.41, 5.74) is 1.94. The number of thioether (sulfide) groups is 1. The van der Waals surface area contributed by atoms with Gasteiger partial charge in [-0.05, 0) is 31.2 Å². The molecule has 0 aliphatic rings. The van der Waals surface area contributed by atoms with Crippen molar-refractivity contribution in [3.8, 4) is 17.1 Å². The number of para-hydroxylation sites is 1. The molecule has 0 fully saturated rings. The van der Waals surface area contributed by atoms with Crippen molar-refractivity contribution in [2.45, 2.75) is 17.3 Å². The van der Waals surface area contributed by atoms with Crippen LogP contribution in [0.3, 0.4) is 0 Å². The highest BCUT2D eigenvalue weighted by Gasteiger charge is 2.19. The standard InChI is InChI=1S/C21H16N6O2S/c1-13(19-25-26-20(29-19)14-8-4-2-5-9-14)30-21-23-17-16(18(28)24-21)12-22-27(17)15-10-6-3-7-11-15/h2-13H,1H3,(H,23,24,28)/t13-/m1/s1. The van der Waals surface area contributed by atoms with Gasteiger partial charge in [0.05, 0.1) is 17.1 Å². The minimum Gasteiger partial charge on any atom is -0.419 e. The Labute approximate surface area is 175 Å². The van der Waals surface area contributed by atoms with E-state index in [1.165, 1.54) is 18.0 Å². The van der Waals surface area contributed by atoms with Crippen LogP contribution in [0.1, 0.15) is 18.1 Å². The lowest BCUT2D eigenvalue weighted by atomic mass is 10.2. The number of fused-ring (bicyclic) bond motifs is 1. The van der Waals surface area contributed by atoms with Gasteiger partial charge in [-0.25, -0.2) is 9.67 Å². The fraction of sp³-hybridized carbons (Fsp3) is 0.0952. The molecule has 9 heteroatoms. The van der Waals surface area contributed by atoms with Crippen LogP contribution in [0.4, 0.5) is 0 Å². The van der Waals surface area contributed by atoms with E-state index in [2.05, 4.69) is 25.3 Å². The normalized spacial score (nSPS) is 12.3. The smallest absolute Gasteiger partial charge is 0.262 e. The number of aromatic nitrogens is 6. The van der Waals surface area contributed by atoms with E-state index < -0.39 is 0 Å². The Morgan fingerprint density at radius 3 is 2.53 bits per heavy atom. The lowest BCUT2D eigenvalue weighted by Crippen LogP contribution is -2.10. The molecule has 0 spiro atoms. The van der Waals surface area contributed by atoms with E-state index >= 15 is 0 Å². The summed E-state index contributed by atoms with van der Waals surface area (Å²) in [5, 5.41) is 13.3. The molecule has 0 aliphatic heterocycles. The quantitative estimate of drug-likeness (QED) is 0.341. The van der Waals surface area contributed by atoms with Crippen molar-refractivity contribution in [1.82, 2.24) is 29.9 Å². The molecule has 148 valence electrons. The molecule has 0 saturated carbocycles. The first-order valence-electron chi connectivity index (χ1n) is 9.28. The van der Waals surface area contributed by atoms with E-state index in [1.54, 1.807) is 4.68 Å². The molecule has 3 heterocycles. The van der Waals surface area contributed by atoms with Gasteiger partial charge in [0.25, 0.3) is 5.56 Å². The van der Waals surface area contributed by atoms with Gasteiger partial charge in [0.1, 0.15) is 5.39 Å². The van der Waals surface area contributed by atoms with Crippen LogP contribution in [0.15, 0.2) is 81.2 Å². The first-order valence-corrected chi connectivity index (χ1v) is 10.2. The number of hydrogen-bond donors (Lipinski definition) is 1. The maximum absolute atomic E-state index is 12.5. The molecule has 0 amide bonds. The molecule has 0 aliphatic carbocycles. The van der Waals surface area contributed by atoms with Crippen molar-refractivity contribution < 1.29 is 4.42 Å². The Balaban J connectivity index is 1.45. The van der Waals surface area contributed by atoms with E-state index in [1.807, 2.05) is 67.6 Å². The monoisotopic (exact) mass is 416 g/mol. The summed E-state index contributed by atoms with van der Waals surface area (Å²) in [6.07, 6.45) is 1.52. The van der Waals surface area contributed by atoms with Gasteiger partial charge in [-0.15, -0.1) is 10.2 Å². The van der Waals surface area contributed by atoms with Crippen LogP contribution in [0, 0.1) is 0 Å². The summed E-state index contributed by atoms with van der Waals surface area (Å²) in [4.78, 5) is 20.0.